The molecule has 0 radical (unpaired) electrons. The monoisotopic (exact) mass is 295 g/mol. The van der Waals surface area contributed by atoms with Gasteiger partial charge in [0, 0.05) is 6.42 Å². The largest absolute Gasteiger partial charge is 0.433 e. The molecule has 0 saturated carbocycles. The molecule has 0 amide bonds. The van der Waals surface area contributed by atoms with Crippen molar-refractivity contribution in [2.24, 2.45) is 5.10 Å². The van der Waals surface area contributed by atoms with E-state index in [9.17, 15) is 14.9 Å². The van der Waals surface area contributed by atoms with Crippen LogP contribution in [0.25, 0.3) is 0 Å². The summed E-state index contributed by atoms with van der Waals surface area (Å²) in [4.78, 5) is 21.8. The number of hydrogen-bond donors (Lipinski definition) is 1. The highest BCUT2D eigenvalue weighted by atomic mass is 16.6. The summed E-state index contributed by atoms with van der Waals surface area (Å²) in [5.41, 5.74) is -0.502. The van der Waals surface area contributed by atoms with E-state index in [0.29, 0.717) is 12.2 Å². The molecular weight excluding hydrogens is 282 g/mol. The average Bonchev–Trinajstić information content (AvgIpc) is 3.03. The zero-order valence-corrected chi connectivity index (χ0v) is 11.2. The summed E-state index contributed by atoms with van der Waals surface area (Å²) in [5.74, 6) is 0.145. The molecule has 0 fully saturated rings. The molecule has 10 heteroatoms. The Labute approximate surface area is 118 Å². The minimum Gasteiger partial charge on any atom is -0.400 e. The van der Waals surface area contributed by atoms with Gasteiger partial charge in [0.25, 0.3) is 0 Å². The lowest BCUT2D eigenvalue weighted by Gasteiger charge is -1.93. The summed E-state index contributed by atoms with van der Waals surface area (Å²) in [5, 5.41) is 27.3. The van der Waals surface area contributed by atoms with Gasteiger partial charge in [0.1, 0.15) is 4.92 Å². The van der Waals surface area contributed by atoms with E-state index in [-0.39, 0.29) is 18.9 Å². The lowest BCUT2D eigenvalue weighted by atomic mass is 10.5. The number of aromatic nitrogens is 3. The number of aliphatic hydroxyl groups excluding tert-OH is 1. The van der Waals surface area contributed by atoms with Gasteiger partial charge in [-0.2, -0.15) is 14.9 Å². The predicted octanol–water partition coefficient (Wildman–Crippen LogP) is -0.0171. The van der Waals surface area contributed by atoms with Crippen molar-refractivity contribution in [1.82, 2.24) is 14.5 Å². The molecule has 10 nitrogen and oxygen atoms in total. The first-order valence-corrected chi connectivity index (χ1v) is 6.15. The molecule has 0 aliphatic carbocycles. The molecule has 2 aromatic heterocycles. The Bertz CT molecular complexity index is 726. The van der Waals surface area contributed by atoms with Gasteiger partial charge in [0.05, 0.1) is 25.4 Å². The van der Waals surface area contributed by atoms with Crippen molar-refractivity contribution in [2.75, 3.05) is 6.61 Å². The number of nitrogens with zero attached hydrogens (tertiary/aromatic N) is 5. The van der Waals surface area contributed by atoms with Gasteiger partial charge in [0.15, 0.2) is 11.6 Å². The fourth-order valence-corrected chi connectivity index (χ4v) is 1.65. The number of aliphatic hydroxyl groups is 1. The lowest BCUT2D eigenvalue weighted by Crippen LogP contribution is -2.24. The number of rotatable bonds is 6. The maximum absolute atomic E-state index is 12.0. The third kappa shape index (κ3) is 3.05. The summed E-state index contributed by atoms with van der Waals surface area (Å²) < 4.78 is 7.06. The van der Waals surface area contributed by atoms with Crippen molar-refractivity contribution in [3.05, 3.63) is 44.3 Å². The van der Waals surface area contributed by atoms with Crippen molar-refractivity contribution >= 4 is 12.1 Å². The van der Waals surface area contributed by atoms with Crippen LogP contribution in [0.1, 0.15) is 18.5 Å². The van der Waals surface area contributed by atoms with Crippen LogP contribution in [0.15, 0.2) is 26.4 Å². The molecule has 0 aliphatic rings. The molecule has 21 heavy (non-hydrogen) atoms. The van der Waals surface area contributed by atoms with Crippen molar-refractivity contribution < 1.29 is 14.4 Å². The highest BCUT2D eigenvalue weighted by Gasteiger charge is 2.12. The standard InChI is InChI=1S/C11H13N5O5/c1-2-9-13-14(5-6-17)11(18)15(9)12-7-8-3-4-10(21-8)16(19)20/h3-4,7,17H,2,5-6H2,1H3/b12-7+. The molecule has 0 bridgehead atoms. The van der Waals surface area contributed by atoms with E-state index in [1.54, 1.807) is 6.92 Å². The fourth-order valence-electron chi connectivity index (χ4n) is 1.65. The van der Waals surface area contributed by atoms with Crippen LogP contribution in [0, 0.1) is 10.1 Å². The van der Waals surface area contributed by atoms with Gasteiger partial charge >= 0.3 is 11.6 Å². The fraction of sp³-hybridized carbons (Fsp3) is 0.364. The minimum absolute atomic E-state index is 0.0700. The molecule has 1 N–H and O–H groups in total. The predicted molar refractivity (Wildman–Crippen MR) is 71.3 cm³/mol. The molecule has 112 valence electrons. The summed E-state index contributed by atoms with van der Waals surface area (Å²) in [6, 6.07) is 2.57. The Morgan fingerprint density at radius 1 is 1.57 bits per heavy atom. The number of aryl methyl sites for hydroxylation is 1. The maximum Gasteiger partial charge on any atom is 0.433 e. The van der Waals surface area contributed by atoms with Crippen LogP contribution in [-0.4, -0.2) is 37.3 Å². The summed E-state index contributed by atoms with van der Waals surface area (Å²) in [6.07, 6.45) is 1.65. The van der Waals surface area contributed by atoms with Crippen LogP contribution in [0.4, 0.5) is 5.88 Å². The van der Waals surface area contributed by atoms with Gasteiger partial charge in [0.2, 0.25) is 0 Å². The van der Waals surface area contributed by atoms with E-state index in [2.05, 4.69) is 10.2 Å². The van der Waals surface area contributed by atoms with Gasteiger partial charge in [-0.1, -0.05) is 6.92 Å². The van der Waals surface area contributed by atoms with E-state index >= 15 is 0 Å². The second-order valence-corrected chi connectivity index (χ2v) is 3.99. The molecule has 0 unspecified atom stereocenters. The molecule has 0 aliphatic heterocycles. The Kier molecular flexibility index (Phi) is 4.28. The maximum atomic E-state index is 12.0. The van der Waals surface area contributed by atoms with E-state index in [0.717, 1.165) is 9.36 Å². The topological polar surface area (TPSA) is 129 Å². The SMILES string of the molecule is CCc1nn(CCO)c(=O)n1/N=C/c1ccc([N+](=O)[O-])o1. The Balaban J connectivity index is 2.31. The van der Waals surface area contributed by atoms with Crippen molar-refractivity contribution in [1.29, 1.82) is 0 Å². The second-order valence-electron chi connectivity index (χ2n) is 3.99. The van der Waals surface area contributed by atoms with Crippen LogP contribution in [0.3, 0.4) is 0 Å². The van der Waals surface area contributed by atoms with E-state index in [4.69, 9.17) is 9.52 Å². The number of furan rings is 1. The average molecular weight is 295 g/mol. The second kappa shape index (κ2) is 6.13. The summed E-state index contributed by atoms with van der Waals surface area (Å²) >= 11 is 0. The van der Waals surface area contributed by atoms with E-state index in [1.807, 2.05) is 0 Å². The highest BCUT2D eigenvalue weighted by Crippen LogP contribution is 2.13. The van der Waals surface area contributed by atoms with Gasteiger partial charge in [-0.3, -0.25) is 10.1 Å². The molecule has 0 atom stereocenters. The smallest absolute Gasteiger partial charge is 0.400 e. The van der Waals surface area contributed by atoms with Crippen LogP contribution < -0.4 is 5.69 Å². The van der Waals surface area contributed by atoms with E-state index < -0.39 is 16.5 Å². The number of nitro groups is 1. The first kappa shape index (κ1) is 14.7. The molecule has 0 spiro atoms. The molecule has 2 heterocycles. The van der Waals surface area contributed by atoms with Crippen LogP contribution >= 0.6 is 0 Å². The van der Waals surface area contributed by atoms with E-state index in [1.165, 1.54) is 18.3 Å². The van der Waals surface area contributed by atoms with Crippen molar-refractivity contribution in [3.8, 4) is 0 Å². The van der Waals surface area contributed by atoms with Crippen LogP contribution in [0.2, 0.25) is 0 Å². The Hall–Kier alpha value is -2.75. The van der Waals surface area contributed by atoms with Gasteiger partial charge in [-0.15, -0.1) is 0 Å². The number of hydrogen-bond acceptors (Lipinski definition) is 7. The third-order valence-corrected chi connectivity index (χ3v) is 2.60. The molecule has 2 rings (SSSR count). The zero-order chi connectivity index (χ0) is 15.4. The van der Waals surface area contributed by atoms with Crippen molar-refractivity contribution in [3.63, 3.8) is 0 Å². The van der Waals surface area contributed by atoms with Crippen LogP contribution in [0.5, 0.6) is 0 Å². The zero-order valence-electron chi connectivity index (χ0n) is 11.2. The molecule has 0 aromatic carbocycles. The highest BCUT2D eigenvalue weighted by molar-refractivity contribution is 5.76. The Morgan fingerprint density at radius 2 is 2.33 bits per heavy atom. The van der Waals surface area contributed by atoms with Gasteiger partial charge in [-0.25, -0.2) is 9.48 Å². The summed E-state index contributed by atoms with van der Waals surface area (Å²) in [7, 11) is 0. The molecule has 2 aromatic rings. The lowest BCUT2D eigenvalue weighted by molar-refractivity contribution is -0.402. The normalized spacial score (nSPS) is 11.3. The van der Waals surface area contributed by atoms with Crippen molar-refractivity contribution in [2.45, 2.75) is 19.9 Å². The van der Waals surface area contributed by atoms with Crippen LogP contribution in [-0.2, 0) is 13.0 Å². The molecule has 0 saturated heterocycles. The third-order valence-electron chi connectivity index (χ3n) is 2.60. The molecular formula is C11H13N5O5. The first-order chi connectivity index (χ1) is 10.1. The quantitative estimate of drug-likeness (QED) is 0.453. The minimum atomic E-state index is -0.666. The first-order valence-electron chi connectivity index (χ1n) is 6.15. The Morgan fingerprint density at radius 3 is 2.90 bits per heavy atom. The van der Waals surface area contributed by atoms with Gasteiger partial charge < -0.3 is 9.52 Å². The summed E-state index contributed by atoms with van der Waals surface area (Å²) in [6.45, 7) is 1.66. The van der Waals surface area contributed by atoms with Gasteiger partial charge in [-0.05, 0) is 6.07 Å².